The lowest BCUT2D eigenvalue weighted by Crippen LogP contribution is -2.38. The van der Waals surface area contributed by atoms with Crippen LogP contribution in [0.2, 0.25) is 0 Å². The van der Waals surface area contributed by atoms with Crippen LogP contribution < -0.4 is 20.5 Å². The minimum atomic E-state index is -4.74. The first kappa shape index (κ1) is 21.4. The molecule has 10 heteroatoms. The van der Waals surface area contributed by atoms with Crippen molar-refractivity contribution in [3.8, 4) is 17.2 Å². The van der Waals surface area contributed by atoms with Gasteiger partial charge in [-0.1, -0.05) is 0 Å². The second kappa shape index (κ2) is 8.62. The predicted octanol–water partition coefficient (Wildman–Crippen LogP) is 3.71. The number of hydrogen-bond donors (Lipinski definition) is 2. The monoisotopic (exact) mass is 422 g/mol. The molecular weight excluding hydrogens is 401 g/mol. The molecule has 7 nitrogen and oxygen atoms in total. The van der Waals surface area contributed by atoms with Gasteiger partial charge in [-0.15, -0.1) is 13.2 Å². The van der Waals surface area contributed by atoms with Crippen molar-refractivity contribution in [2.24, 2.45) is 5.73 Å². The molecule has 0 spiro atoms. The molecule has 0 unspecified atom stereocenters. The normalized spacial score (nSPS) is 12.7. The summed E-state index contributed by atoms with van der Waals surface area (Å²) >= 11 is 0. The fraction of sp³-hybridized carbons (Fsp3) is 0.300. The summed E-state index contributed by atoms with van der Waals surface area (Å²) in [4.78, 5) is 15.8. The van der Waals surface area contributed by atoms with Crippen LogP contribution in [0.3, 0.4) is 0 Å². The number of nitrogens with two attached hydrogens (primary N) is 1. The Bertz CT molecular complexity index is 1030. The van der Waals surface area contributed by atoms with Crippen LogP contribution in [-0.2, 0) is 17.9 Å². The minimum Gasteiger partial charge on any atom is -0.457 e. The minimum absolute atomic E-state index is 0.323. The van der Waals surface area contributed by atoms with Crippen LogP contribution in [0.5, 0.6) is 17.2 Å². The summed E-state index contributed by atoms with van der Waals surface area (Å²) in [7, 11) is 0. The van der Waals surface area contributed by atoms with Crippen LogP contribution >= 0.6 is 0 Å². The van der Waals surface area contributed by atoms with E-state index in [-0.39, 0.29) is 5.75 Å². The number of aryl methyl sites for hydroxylation is 1. The quantitative estimate of drug-likeness (QED) is 0.578. The molecule has 0 radical (unpaired) electrons. The highest BCUT2D eigenvalue weighted by Gasteiger charge is 2.31. The van der Waals surface area contributed by atoms with Crippen LogP contribution in [0.15, 0.2) is 42.5 Å². The number of ether oxygens (including phenoxy) is 2. The second-order valence-electron chi connectivity index (χ2n) is 6.55. The van der Waals surface area contributed by atoms with E-state index < -0.39 is 18.3 Å². The first-order chi connectivity index (χ1) is 14.2. The van der Waals surface area contributed by atoms with Crippen LogP contribution in [0.25, 0.3) is 11.0 Å². The van der Waals surface area contributed by atoms with Crippen LogP contribution in [-0.4, -0.2) is 27.9 Å². The summed E-state index contributed by atoms with van der Waals surface area (Å²) in [5, 5.41) is 3.03. The molecule has 160 valence electrons. The SMILES string of the molecule is CCn1c(CN[C@@H](C)C(N)=O)nc2ccc(Oc3ccc(OC(F)(F)F)cc3)cc21. The number of rotatable bonds is 8. The third-order valence-corrected chi connectivity index (χ3v) is 4.40. The average Bonchev–Trinajstić information content (AvgIpc) is 3.03. The lowest BCUT2D eigenvalue weighted by Gasteiger charge is -2.11. The highest BCUT2D eigenvalue weighted by Crippen LogP contribution is 2.29. The maximum atomic E-state index is 12.3. The van der Waals surface area contributed by atoms with E-state index >= 15 is 0 Å². The molecule has 2 aromatic carbocycles. The zero-order chi connectivity index (χ0) is 21.9. The fourth-order valence-electron chi connectivity index (χ4n) is 2.89. The first-order valence-corrected chi connectivity index (χ1v) is 9.22. The smallest absolute Gasteiger partial charge is 0.457 e. The number of carbonyl (C=O) groups excluding carboxylic acids is 1. The van der Waals surface area contributed by atoms with Crippen LogP contribution in [0.4, 0.5) is 13.2 Å². The van der Waals surface area contributed by atoms with Crippen molar-refractivity contribution in [3.05, 3.63) is 48.3 Å². The Morgan fingerprint density at radius 3 is 2.40 bits per heavy atom. The van der Waals surface area contributed by atoms with Crippen molar-refractivity contribution in [2.75, 3.05) is 0 Å². The number of imidazole rings is 1. The van der Waals surface area contributed by atoms with Gasteiger partial charge < -0.3 is 19.8 Å². The van der Waals surface area contributed by atoms with Crippen molar-refractivity contribution >= 4 is 16.9 Å². The van der Waals surface area contributed by atoms with Crippen molar-refractivity contribution in [3.63, 3.8) is 0 Å². The topological polar surface area (TPSA) is 91.4 Å². The number of benzene rings is 2. The van der Waals surface area contributed by atoms with Gasteiger partial charge in [-0.3, -0.25) is 10.1 Å². The summed E-state index contributed by atoms with van der Waals surface area (Å²) in [5.74, 6) is 0.842. The largest absolute Gasteiger partial charge is 0.573 e. The number of halogens is 3. The van der Waals surface area contributed by atoms with Crippen LogP contribution in [0.1, 0.15) is 19.7 Å². The molecule has 0 saturated carbocycles. The van der Waals surface area contributed by atoms with Gasteiger partial charge in [-0.05, 0) is 50.2 Å². The summed E-state index contributed by atoms with van der Waals surface area (Å²) in [6.07, 6.45) is -4.74. The third kappa shape index (κ3) is 5.20. The van der Waals surface area contributed by atoms with Gasteiger partial charge in [0.15, 0.2) is 0 Å². The van der Waals surface area contributed by atoms with E-state index in [1.807, 2.05) is 11.5 Å². The molecule has 1 atom stereocenters. The zero-order valence-electron chi connectivity index (χ0n) is 16.4. The molecule has 0 aliphatic heterocycles. The molecule has 1 aromatic heterocycles. The highest BCUT2D eigenvalue weighted by molar-refractivity contribution is 5.79. The zero-order valence-corrected chi connectivity index (χ0v) is 16.4. The average molecular weight is 422 g/mol. The lowest BCUT2D eigenvalue weighted by molar-refractivity contribution is -0.274. The van der Waals surface area contributed by atoms with E-state index in [4.69, 9.17) is 10.5 Å². The standard InChI is InChI=1S/C20H21F3N4O3/c1-3-27-17-10-15(29-13-4-6-14(7-5-13)30-20(21,22)23)8-9-16(17)26-18(27)11-25-12(2)19(24)28/h4-10,12,25H,3,11H2,1-2H3,(H2,24,28)/t12-/m0/s1. The summed E-state index contributed by atoms with van der Waals surface area (Å²) in [6, 6.07) is 9.97. The van der Waals surface area contributed by atoms with E-state index in [1.54, 1.807) is 25.1 Å². The van der Waals surface area contributed by atoms with Gasteiger partial charge in [0.1, 0.15) is 23.1 Å². The number of nitrogens with zero attached hydrogens (tertiary/aromatic N) is 2. The van der Waals surface area contributed by atoms with Crippen molar-refractivity contribution in [2.45, 2.75) is 39.3 Å². The number of carbonyl (C=O) groups is 1. The number of primary amides is 1. The molecule has 3 rings (SSSR count). The maximum absolute atomic E-state index is 12.3. The van der Waals surface area contributed by atoms with Crippen molar-refractivity contribution in [1.82, 2.24) is 14.9 Å². The third-order valence-electron chi connectivity index (χ3n) is 4.40. The summed E-state index contributed by atoms with van der Waals surface area (Å²) in [6.45, 7) is 4.65. The van der Waals surface area contributed by atoms with E-state index in [1.165, 1.54) is 24.3 Å². The Kier molecular flexibility index (Phi) is 6.16. The molecule has 0 aliphatic rings. The number of aromatic nitrogens is 2. The molecule has 3 N–H and O–H groups in total. The van der Waals surface area contributed by atoms with E-state index in [2.05, 4.69) is 15.0 Å². The molecule has 0 aliphatic carbocycles. The Hall–Kier alpha value is -3.27. The van der Waals surface area contributed by atoms with Gasteiger partial charge in [0.05, 0.1) is 23.6 Å². The van der Waals surface area contributed by atoms with E-state index in [0.29, 0.717) is 24.6 Å². The second-order valence-corrected chi connectivity index (χ2v) is 6.55. The number of nitrogens with one attached hydrogen (secondary N) is 1. The molecular formula is C20H21F3N4O3. The molecule has 1 heterocycles. The molecule has 0 saturated heterocycles. The van der Waals surface area contributed by atoms with E-state index in [0.717, 1.165) is 16.9 Å². The number of amides is 1. The van der Waals surface area contributed by atoms with Crippen molar-refractivity contribution in [1.29, 1.82) is 0 Å². The molecule has 0 fully saturated rings. The Morgan fingerprint density at radius 1 is 1.17 bits per heavy atom. The Labute approximate surface area is 170 Å². The Morgan fingerprint density at radius 2 is 1.80 bits per heavy atom. The van der Waals surface area contributed by atoms with E-state index in [9.17, 15) is 18.0 Å². The first-order valence-electron chi connectivity index (χ1n) is 9.22. The lowest BCUT2D eigenvalue weighted by atomic mass is 10.3. The van der Waals surface area contributed by atoms with Crippen molar-refractivity contribution < 1.29 is 27.4 Å². The summed E-state index contributed by atoms with van der Waals surface area (Å²) in [5.41, 5.74) is 6.85. The van der Waals surface area contributed by atoms with Gasteiger partial charge >= 0.3 is 6.36 Å². The molecule has 0 bridgehead atoms. The van der Waals surface area contributed by atoms with Gasteiger partial charge in [-0.2, -0.15) is 0 Å². The number of alkyl halides is 3. The van der Waals surface area contributed by atoms with Gasteiger partial charge in [0.25, 0.3) is 0 Å². The maximum Gasteiger partial charge on any atom is 0.573 e. The molecule has 1 amide bonds. The number of fused-ring (bicyclic) bond motifs is 1. The Balaban J connectivity index is 1.78. The number of hydrogen-bond acceptors (Lipinski definition) is 5. The predicted molar refractivity (Wildman–Crippen MR) is 104 cm³/mol. The van der Waals surface area contributed by atoms with Gasteiger partial charge in [0.2, 0.25) is 5.91 Å². The van der Waals surface area contributed by atoms with Gasteiger partial charge in [0, 0.05) is 12.6 Å². The fourth-order valence-corrected chi connectivity index (χ4v) is 2.89. The highest BCUT2D eigenvalue weighted by atomic mass is 19.4. The van der Waals surface area contributed by atoms with Gasteiger partial charge in [-0.25, -0.2) is 4.98 Å². The summed E-state index contributed by atoms with van der Waals surface area (Å²) < 4.78 is 48.4. The van der Waals surface area contributed by atoms with Crippen LogP contribution in [0, 0.1) is 0 Å². The molecule has 30 heavy (non-hydrogen) atoms. The molecule has 3 aromatic rings.